The minimum absolute atomic E-state index is 0.0816. The second-order valence-electron chi connectivity index (χ2n) is 5.61. The van der Waals surface area contributed by atoms with Gasteiger partial charge >= 0.3 is 5.97 Å². The van der Waals surface area contributed by atoms with Gasteiger partial charge in [0, 0.05) is 18.8 Å². The summed E-state index contributed by atoms with van der Waals surface area (Å²) in [7, 11) is -2.25. The fourth-order valence-electron chi connectivity index (χ4n) is 2.47. The highest BCUT2D eigenvalue weighted by Gasteiger charge is 2.26. The van der Waals surface area contributed by atoms with E-state index in [-0.39, 0.29) is 22.3 Å². The summed E-state index contributed by atoms with van der Waals surface area (Å²) in [5, 5.41) is 2.65. The highest BCUT2D eigenvalue weighted by atomic mass is 32.2. The Labute approximate surface area is 152 Å². The van der Waals surface area contributed by atoms with Gasteiger partial charge in [0.1, 0.15) is 0 Å². The molecular formula is C16H22N2O5S2. The third-order valence-corrected chi connectivity index (χ3v) is 6.55. The Kier molecular flexibility index (Phi) is 7.27. The Morgan fingerprint density at radius 3 is 2.60 bits per heavy atom. The van der Waals surface area contributed by atoms with Crippen LogP contribution >= 0.6 is 11.8 Å². The second kappa shape index (κ2) is 9.21. The summed E-state index contributed by atoms with van der Waals surface area (Å²) in [4.78, 5) is 23.1. The summed E-state index contributed by atoms with van der Waals surface area (Å²) >= 11 is 1.13. The Bertz CT molecular complexity index is 715. The third kappa shape index (κ3) is 5.72. The van der Waals surface area contributed by atoms with Crippen LogP contribution in [0.2, 0.25) is 0 Å². The normalized spacial score (nSPS) is 15.6. The van der Waals surface area contributed by atoms with Crippen LogP contribution in [0, 0.1) is 0 Å². The van der Waals surface area contributed by atoms with Gasteiger partial charge in [0.25, 0.3) is 0 Å². The molecule has 1 heterocycles. The number of sulfonamides is 1. The van der Waals surface area contributed by atoms with Crippen molar-refractivity contribution in [1.82, 2.24) is 4.31 Å². The number of nitrogens with zero attached hydrogens (tertiary/aromatic N) is 1. The number of benzene rings is 1. The summed E-state index contributed by atoms with van der Waals surface area (Å²) < 4.78 is 31.3. The monoisotopic (exact) mass is 386 g/mol. The van der Waals surface area contributed by atoms with Gasteiger partial charge in [0.2, 0.25) is 15.9 Å². The first-order valence-electron chi connectivity index (χ1n) is 7.98. The van der Waals surface area contributed by atoms with E-state index in [0.29, 0.717) is 18.8 Å². The van der Waals surface area contributed by atoms with E-state index in [1.165, 1.54) is 23.5 Å². The first kappa shape index (κ1) is 19.7. The Hall–Kier alpha value is -1.58. The van der Waals surface area contributed by atoms with Gasteiger partial charge < -0.3 is 10.1 Å². The van der Waals surface area contributed by atoms with Crippen molar-refractivity contribution in [2.45, 2.75) is 24.2 Å². The average Bonchev–Trinajstić information content (AvgIpc) is 2.62. The van der Waals surface area contributed by atoms with Crippen LogP contribution in [0.15, 0.2) is 29.2 Å². The fourth-order valence-corrected chi connectivity index (χ4v) is 4.68. The van der Waals surface area contributed by atoms with Crippen molar-refractivity contribution in [2.24, 2.45) is 0 Å². The van der Waals surface area contributed by atoms with E-state index in [0.717, 1.165) is 31.0 Å². The van der Waals surface area contributed by atoms with Gasteiger partial charge in [-0.05, 0) is 31.0 Å². The molecule has 1 amide bonds. The molecule has 1 fully saturated rings. The number of hydrogen-bond acceptors (Lipinski definition) is 6. The first-order valence-corrected chi connectivity index (χ1v) is 10.6. The predicted octanol–water partition coefficient (Wildman–Crippen LogP) is 1.71. The Balaban J connectivity index is 1.98. The molecule has 1 saturated heterocycles. The number of amides is 1. The quantitative estimate of drug-likeness (QED) is 0.717. The first-order chi connectivity index (χ1) is 11.9. The second-order valence-corrected chi connectivity index (χ2v) is 8.53. The van der Waals surface area contributed by atoms with E-state index in [4.69, 9.17) is 0 Å². The molecule has 0 unspecified atom stereocenters. The molecule has 0 radical (unpaired) electrons. The maximum Gasteiger partial charge on any atom is 0.315 e. The number of thioether (sulfide) groups is 1. The van der Waals surface area contributed by atoms with Crippen LogP contribution in [-0.2, 0) is 24.3 Å². The molecule has 2 rings (SSSR count). The summed E-state index contributed by atoms with van der Waals surface area (Å²) in [6.07, 6.45) is 2.78. The van der Waals surface area contributed by atoms with Crippen LogP contribution in [0.5, 0.6) is 0 Å². The number of nitrogens with one attached hydrogen (secondary N) is 1. The SMILES string of the molecule is COC(=O)CSCC(=O)Nc1cccc(S(=O)(=O)N2CCCCC2)c1. The van der Waals surface area contributed by atoms with Gasteiger partial charge in [-0.15, -0.1) is 11.8 Å². The lowest BCUT2D eigenvalue weighted by Crippen LogP contribution is -2.35. The zero-order chi connectivity index (χ0) is 18.3. The van der Waals surface area contributed by atoms with Gasteiger partial charge in [-0.3, -0.25) is 9.59 Å². The molecule has 0 spiro atoms. The molecule has 25 heavy (non-hydrogen) atoms. The van der Waals surface area contributed by atoms with Crippen molar-refractivity contribution in [3.63, 3.8) is 0 Å². The maximum absolute atomic E-state index is 12.7. The molecule has 0 saturated carbocycles. The fraction of sp³-hybridized carbons (Fsp3) is 0.500. The van der Waals surface area contributed by atoms with Crippen LogP contribution in [0.25, 0.3) is 0 Å². The summed E-state index contributed by atoms with van der Waals surface area (Å²) in [5.74, 6) is -0.528. The summed E-state index contributed by atoms with van der Waals surface area (Å²) in [5.41, 5.74) is 0.418. The topological polar surface area (TPSA) is 92.8 Å². The van der Waals surface area contributed by atoms with E-state index in [9.17, 15) is 18.0 Å². The van der Waals surface area contributed by atoms with E-state index in [2.05, 4.69) is 10.1 Å². The molecule has 1 aliphatic rings. The molecule has 138 valence electrons. The van der Waals surface area contributed by atoms with Crippen molar-refractivity contribution in [2.75, 3.05) is 37.0 Å². The van der Waals surface area contributed by atoms with E-state index < -0.39 is 16.0 Å². The molecular weight excluding hydrogens is 364 g/mol. The number of rotatable bonds is 7. The molecule has 1 aromatic rings. The lowest BCUT2D eigenvalue weighted by Gasteiger charge is -2.26. The number of hydrogen-bond donors (Lipinski definition) is 1. The molecule has 0 atom stereocenters. The van der Waals surface area contributed by atoms with E-state index >= 15 is 0 Å². The van der Waals surface area contributed by atoms with Crippen LogP contribution in [0.1, 0.15) is 19.3 Å². The number of esters is 1. The average molecular weight is 386 g/mol. The minimum Gasteiger partial charge on any atom is -0.468 e. The summed E-state index contributed by atoms with van der Waals surface area (Å²) in [6, 6.07) is 6.24. The highest BCUT2D eigenvalue weighted by Crippen LogP contribution is 2.23. The van der Waals surface area contributed by atoms with Crippen LogP contribution in [-0.4, -0.2) is 56.3 Å². The molecule has 9 heteroatoms. The molecule has 7 nitrogen and oxygen atoms in total. The van der Waals surface area contributed by atoms with Crippen LogP contribution in [0.4, 0.5) is 5.69 Å². The third-order valence-electron chi connectivity index (χ3n) is 3.75. The zero-order valence-corrected chi connectivity index (χ0v) is 15.7. The number of methoxy groups -OCH3 is 1. The largest absolute Gasteiger partial charge is 0.468 e. The van der Waals surface area contributed by atoms with Gasteiger partial charge in [-0.1, -0.05) is 12.5 Å². The number of piperidine rings is 1. The van der Waals surface area contributed by atoms with Crippen molar-refractivity contribution in [3.8, 4) is 0 Å². The predicted molar refractivity (Wildman–Crippen MR) is 97.0 cm³/mol. The zero-order valence-electron chi connectivity index (χ0n) is 14.1. The van der Waals surface area contributed by atoms with Gasteiger partial charge in [0.15, 0.2) is 0 Å². The molecule has 0 bridgehead atoms. The Morgan fingerprint density at radius 1 is 1.20 bits per heavy atom. The lowest BCUT2D eigenvalue weighted by atomic mass is 10.2. The van der Waals surface area contributed by atoms with Gasteiger partial charge in [-0.25, -0.2) is 8.42 Å². The van der Waals surface area contributed by atoms with Gasteiger partial charge in [-0.2, -0.15) is 4.31 Å². The Morgan fingerprint density at radius 2 is 1.92 bits per heavy atom. The van der Waals surface area contributed by atoms with E-state index in [1.54, 1.807) is 12.1 Å². The van der Waals surface area contributed by atoms with Crippen LogP contribution in [0.3, 0.4) is 0 Å². The van der Waals surface area contributed by atoms with E-state index in [1.807, 2.05) is 0 Å². The molecule has 1 aliphatic heterocycles. The van der Waals surface area contributed by atoms with Crippen molar-refractivity contribution < 1.29 is 22.7 Å². The number of anilines is 1. The number of carbonyl (C=O) groups is 2. The molecule has 0 aliphatic carbocycles. The standard InChI is InChI=1S/C16H22N2O5S2/c1-23-16(20)12-24-11-15(19)17-13-6-5-7-14(10-13)25(21,22)18-8-3-2-4-9-18/h5-7,10H,2-4,8-9,11-12H2,1H3,(H,17,19). The molecule has 0 aromatic heterocycles. The van der Waals surface area contributed by atoms with Crippen LogP contribution < -0.4 is 5.32 Å². The summed E-state index contributed by atoms with van der Waals surface area (Å²) in [6.45, 7) is 1.06. The number of carbonyl (C=O) groups excluding carboxylic acids is 2. The van der Waals surface area contributed by atoms with Crippen molar-refractivity contribution >= 4 is 39.3 Å². The maximum atomic E-state index is 12.7. The molecule has 1 aromatic carbocycles. The number of ether oxygens (including phenoxy) is 1. The smallest absolute Gasteiger partial charge is 0.315 e. The van der Waals surface area contributed by atoms with Gasteiger partial charge in [0.05, 0.1) is 23.5 Å². The molecule has 1 N–H and O–H groups in total. The van der Waals surface area contributed by atoms with Crippen molar-refractivity contribution in [1.29, 1.82) is 0 Å². The van der Waals surface area contributed by atoms with Crippen molar-refractivity contribution in [3.05, 3.63) is 24.3 Å². The minimum atomic E-state index is -3.54. The lowest BCUT2D eigenvalue weighted by molar-refractivity contribution is -0.137. The highest BCUT2D eigenvalue weighted by molar-refractivity contribution is 8.00.